The molecule has 0 bridgehead atoms. The molecule has 0 spiro atoms. The molecule has 5 nitrogen and oxygen atoms in total. The van der Waals surface area contributed by atoms with Gasteiger partial charge >= 0.3 is 0 Å². The summed E-state index contributed by atoms with van der Waals surface area (Å²) in [5.74, 6) is -1.45. The fraction of sp³-hybridized carbons (Fsp3) is 0.227. The third-order valence-electron chi connectivity index (χ3n) is 5.37. The molecule has 1 aliphatic heterocycles. The van der Waals surface area contributed by atoms with Crippen molar-refractivity contribution in [3.05, 3.63) is 69.7 Å². The van der Waals surface area contributed by atoms with Crippen LogP contribution in [0.1, 0.15) is 30.1 Å². The van der Waals surface area contributed by atoms with Crippen LogP contribution in [0.5, 0.6) is 0 Å². The second kappa shape index (κ2) is 7.65. The molecule has 29 heavy (non-hydrogen) atoms. The van der Waals surface area contributed by atoms with Crippen molar-refractivity contribution in [3.63, 3.8) is 0 Å². The van der Waals surface area contributed by atoms with Crippen LogP contribution in [0.3, 0.4) is 0 Å². The molecular weight excluding hydrogens is 411 g/mol. The Morgan fingerprint density at radius 2 is 1.83 bits per heavy atom. The third kappa shape index (κ3) is 3.68. The first-order chi connectivity index (χ1) is 13.8. The van der Waals surface area contributed by atoms with Gasteiger partial charge in [0.15, 0.2) is 0 Å². The van der Waals surface area contributed by atoms with Crippen molar-refractivity contribution in [3.8, 4) is 0 Å². The molecule has 0 radical (unpaired) electrons. The van der Waals surface area contributed by atoms with Crippen LogP contribution in [-0.4, -0.2) is 17.7 Å². The van der Waals surface area contributed by atoms with Gasteiger partial charge in [-0.15, -0.1) is 0 Å². The Morgan fingerprint density at radius 1 is 1.07 bits per heavy atom. The van der Waals surface area contributed by atoms with E-state index in [2.05, 4.69) is 5.32 Å². The van der Waals surface area contributed by atoms with E-state index in [-0.39, 0.29) is 23.7 Å². The number of hydrogen-bond acceptors (Lipinski definition) is 3. The Labute approximate surface area is 178 Å². The number of carbonyl (C=O) groups excluding carboxylic acids is 3. The van der Waals surface area contributed by atoms with Gasteiger partial charge in [0.2, 0.25) is 11.8 Å². The summed E-state index contributed by atoms with van der Waals surface area (Å²) in [5.41, 5.74) is 2.27. The van der Waals surface area contributed by atoms with Gasteiger partial charge in [-0.25, -0.2) is 0 Å². The van der Waals surface area contributed by atoms with E-state index in [1.54, 1.807) is 36.4 Å². The average molecular weight is 429 g/mol. The van der Waals surface area contributed by atoms with Crippen molar-refractivity contribution in [2.45, 2.75) is 19.8 Å². The van der Waals surface area contributed by atoms with Crippen molar-refractivity contribution in [1.29, 1.82) is 0 Å². The quantitative estimate of drug-likeness (QED) is 0.546. The molecule has 2 aliphatic rings. The molecule has 2 atom stereocenters. The largest absolute Gasteiger partial charge is 0.321 e. The van der Waals surface area contributed by atoms with Gasteiger partial charge < -0.3 is 5.32 Å². The summed E-state index contributed by atoms with van der Waals surface area (Å²) >= 11 is 12.0. The maximum absolute atomic E-state index is 12.9. The van der Waals surface area contributed by atoms with E-state index in [1.807, 2.05) is 13.0 Å². The Morgan fingerprint density at radius 3 is 2.59 bits per heavy atom. The lowest BCUT2D eigenvalue weighted by molar-refractivity contribution is -0.122. The summed E-state index contributed by atoms with van der Waals surface area (Å²) in [4.78, 5) is 39.6. The minimum atomic E-state index is -0.398. The first kappa shape index (κ1) is 19.7. The zero-order valence-corrected chi connectivity index (χ0v) is 17.1. The summed E-state index contributed by atoms with van der Waals surface area (Å²) in [6, 6.07) is 11.3. The van der Waals surface area contributed by atoms with Gasteiger partial charge in [0.1, 0.15) is 0 Å². The highest BCUT2D eigenvalue weighted by molar-refractivity contribution is 6.36. The molecule has 1 heterocycles. The Bertz CT molecular complexity index is 1060. The lowest BCUT2D eigenvalue weighted by Crippen LogP contribution is -2.31. The van der Waals surface area contributed by atoms with Gasteiger partial charge in [-0.05, 0) is 56.2 Å². The van der Waals surface area contributed by atoms with Crippen molar-refractivity contribution in [2.24, 2.45) is 11.8 Å². The zero-order valence-electron chi connectivity index (χ0n) is 15.6. The molecule has 0 unspecified atom stereocenters. The summed E-state index contributed by atoms with van der Waals surface area (Å²) in [5, 5.41) is 3.51. The maximum Gasteiger partial charge on any atom is 0.255 e. The summed E-state index contributed by atoms with van der Waals surface area (Å²) in [6.07, 6.45) is 3.20. The monoisotopic (exact) mass is 428 g/mol. The van der Waals surface area contributed by atoms with Crippen LogP contribution in [0.25, 0.3) is 0 Å². The van der Waals surface area contributed by atoms with Crippen LogP contribution < -0.4 is 10.2 Å². The number of allylic oxidation sites excluding steroid dienone is 2. The molecule has 4 rings (SSSR count). The maximum atomic E-state index is 12.9. The smallest absolute Gasteiger partial charge is 0.255 e. The standard InChI is InChI=1S/C22H18Cl2N2O3/c1-12-5-7-16-17(9-12)22(29)26(21(16)28)15-4-2-3-13(10-15)20(27)25-19-8-6-14(23)11-18(19)24/h2-6,8,10-11,16-17H,7,9H2,1H3,(H,25,27)/t16-,17-/m0/s1. The number of nitrogens with one attached hydrogen (secondary N) is 1. The van der Waals surface area contributed by atoms with Gasteiger partial charge in [-0.3, -0.25) is 19.3 Å². The first-order valence-electron chi connectivity index (χ1n) is 9.25. The lowest BCUT2D eigenvalue weighted by atomic mass is 9.82. The van der Waals surface area contributed by atoms with E-state index in [4.69, 9.17) is 23.2 Å². The van der Waals surface area contributed by atoms with Crippen LogP contribution >= 0.6 is 23.2 Å². The molecular formula is C22H18Cl2N2O3. The van der Waals surface area contributed by atoms with Crippen molar-refractivity contribution < 1.29 is 14.4 Å². The number of halogens is 2. The van der Waals surface area contributed by atoms with Crippen LogP contribution in [-0.2, 0) is 9.59 Å². The fourth-order valence-corrected chi connectivity index (χ4v) is 4.32. The van der Waals surface area contributed by atoms with Crippen molar-refractivity contribution in [1.82, 2.24) is 0 Å². The molecule has 148 valence electrons. The average Bonchev–Trinajstić information content (AvgIpc) is 2.94. The van der Waals surface area contributed by atoms with Gasteiger partial charge in [-0.2, -0.15) is 0 Å². The number of nitrogens with zero attached hydrogens (tertiary/aromatic N) is 1. The van der Waals surface area contributed by atoms with E-state index in [1.165, 1.54) is 11.0 Å². The van der Waals surface area contributed by atoms with Crippen LogP contribution in [0.2, 0.25) is 10.0 Å². The number of rotatable bonds is 3. The number of hydrogen-bond donors (Lipinski definition) is 1. The van der Waals surface area contributed by atoms with Gasteiger partial charge in [0.25, 0.3) is 5.91 Å². The number of imide groups is 1. The molecule has 3 amide bonds. The molecule has 1 saturated heterocycles. The lowest BCUT2D eigenvalue weighted by Gasteiger charge is -2.18. The van der Waals surface area contributed by atoms with E-state index in [0.29, 0.717) is 39.8 Å². The number of anilines is 2. The number of benzene rings is 2. The summed E-state index contributed by atoms with van der Waals surface area (Å²) < 4.78 is 0. The van der Waals surface area contributed by atoms with Gasteiger partial charge in [-0.1, -0.05) is 40.9 Å². The van der Waals surface area contributed by atoms with Crippen LogP contribution in [0, 0.1) is 11.8 Å². The molecule has 0 saturated carbocycles. The number of carbonyl (C=O) groups is 3. The fourth-order valence-electron chi connectivity index (χ4n) is 3.86. The topological polar surface area (TPSA) is 66.5 Å². The van der Waals surface area contributed by atoms with E-state index >= 15 is 0 Å². The highest BCUT2D eigenvalue weighted by Gasteiger charge is 2.48. The molecule has 1 aliphatic carbocycles. The summed E-state index contributed by atoms with van der Waals surface area (Å²) in [7, 11) is 0. The number of amides is 3. The summed E-state index contributed by atoms with van der Waals surface area (Å²) in [6.45, 7) is 1.98. The highest BCUT2D eigenvalue weighted by Crippen LogP contribution is 2.39. The molecule has 1 N–H and O–H groups in total. The normalized spacial score (nSPS) is 21.1. The van der Waals surface area contributed by atoms with E-state index < -0.39 is 5.91 Å². The van der Waals surface area contributed by atoms with Crippen molar-refractivity contribution >= 4 is 52.3 Å². The zero-order chi connectivity index (χ0) is 20.7. The Kier molecular flexibility index (Phi) is 5.19. The molecule has 2 aromatic carbocycles. The first-order valence-corrected chi connectivity index (χ1v) is 10.0. The van der Waals surface area contributed by atoms with Gasteiger partial charge in [0, 0.05) is 10.6 Å². The van der Waals surface area contributed by atoms with Gasteiger partial charge in [0.05, 0.1) is 28.2 Å². The highest BCUT2D eigenvalue weighted by atomic mass is 35.5. The molecule has 1 fully saturated rings. The predicted molar refractivity (Wildman–Crippen MR) is 113 cm³/mol. The Hall–Kier alpha value is -2.63. The SMILES string of the molecule is CC1=CC[C@@H]2C(=O)N(c3cccc(C(=O)Nc4ccc(Cl)cc4Cl)c3)C(=O)[C@H]2C1. The number of fused-ring (bicyclic) bond motifs is 1. The Balaban J connectivity index is 1.58. The minimum Gasteiger partial charge on any atom is -0.321 e. The molecule has 7 heteroatoms. The van der Waals surface area contributed by atoms with Crippen molar-refractivity contribution in [2.75, 3.05) is 10.2 Å². The minimum absolute atomic E-state index is 0.203. The third-order valence-corrected chi connectivity index (χ3v) is 5.92. The van der Waals surface area contributed by atoms with E-state index in [9.17, 15) is 14.4 Å². The van der Waals surface area contributed by atoms with Crippen LogP contribution in [0.4, 0.5) is 11.4 Å². The molecule has 0 aromatic heterocycles. The molecule has 2 aromatic rings. The second-order valence-electron chi connectivity index (χ2n) is 7.34. The second-order valence-corrected chi connectivity index (χ2v) is 8.19. The van der Waals surface area contributed by atoms with Crippen LogP contribution in [0.15, 0.2) is 54.1 Å². The predicted octanol–water partition coefficient (Wildman–Crippen LogP) is 5.09. The van der Waals surface area contributed by atoms with E-state index in [0.717, 1.165) is 5.57 Å².